The van der Waals surface area contributed by atoms with Crippen LogP contribution in [0, 0.1) is 0 Å². The lowest BCUT2D eigenvalue weighted by Crippen LogP contribution is -2.27. The van der Waals surface area contributed by atoms with Gasteiger partial charge in [0.1, 0.15) is 5.60 Å². The van der Waals surface area contributed by atoms with Gasteiger partial charge in [0.25, 0.3) is 0 Å². The van der Waals surface area contributed by atoms with Gasteiger partial charge in [-0.05, 0) is 52.9 Å². The van der Waals surface area contributed by atoms with Crippen molar-refractivity contribution in [1.29, 1.82) is 0 Å². The molecule has 37 heavy (non-hydrogen) atoms. The van der Waals surface area contributed by atoms with E-state index in [1.165, 1.54) is 36.7 Å². The van der Waals surface area contributed by atoms with Crippen LogP contribution in [0.4, 0.5) is 10.7 Å². The van der Waals surface area contributed by atoms with Gasteiger partial charge in [-0.25, -0.2) is 14.3 Å². The van der Waals surface area contributed by atoms with Crippen molar-refractivity contribution in [1.82, 2.24) is 29.9 Å². The molecule has 208 valence electrons. The van der Waals surface area contributed by atoms with Crippen LogP contribution in [0.15, 0.2) is 12.4 Å². The van der Waals surface area contributed by atoms with Gasteiger partial charge in [-0.3, -0.25) is 9.48 Å². The molecule has 0 saturated carbocycles. The molecule has 0 radical (unpaired) electrons. The van der Waals surface area contributed by atoms with E-state index in [9.17, 15) is 9.59 Å². The number of anilines is 1. The molecule has 10 heteroatoms. The van der Waals surface area contributed by atoms with Gasteiger partial charge in [0.05, 0.1) is 17.9 Å². The average Bonchev–Trinajstić information content (AvgIpc) is 3.43. The van der Waals surface area contributed by atoms with Crippen LogP contribution in [-0.4, -0.2) is 48.7 Å². The fourth-order valence-electron chi connectivity index (χ4n) is 4.02. The number of aromatic nitrogens is 5. The Morgan fingerprint density at radius 1 is 0.946 bits per heavy atom. The maximum Gasteiger partial charge on any atom is 0.421 e. The maximum atomic E-state index is 12.2. The number of amides is 1. The largest absolute Gasteiger partial charge is 0.443 e. The normalized spacial score (nSPS) is 11.6. The number of aryl methyl sites for hydroxylation is 2. The minimum absolute atomic E-state index is 0.117. The third-order valence-corrected chi connectivity index (χ3v) is 6.00. The van der Waals surface area contributed by atoms with Crippen LogP contribution in [0.2, 0.25) is 0 Å². The summed E-state index contributed by atoms with van der Waals surface area (Å²) in [5.74, 6) is 0.265. The van der Waals surface area contributed by atoms with Crippen molar-refractivity contribution in [2.24, 2.45) is 0 Å². The SMILES string of the molecule is CCCCCCCCCC(=O)NCCn1cc(CCCCCc2cn(C(=O)OC(C)(C)C)c(N)n2)nn1. The summed E-state index contributed by atoms with van der Waals surface area (Å²) in [5, 5.41) is 11.4. The molecule has 2 rings (SSSR count). The Kier molecular flexibility index (Phi) is 13.1. The molecule has 10 nitrogen and oxygen atoms in total. The van der Waals surface area contributed by atoms with Crippen LogP contribution in [-0.2, 0) is 28.9 Å². The monoisotopic (exact) mass is 517 g/mol. The molecule has 2 heterocycles. The number of carbonyl (C=O) groups excluding carboxylic acids is 2. The average molecular weight is 518 g/mol. The van der Waals surface area contributed by atoms with Crippen molar-refractivity contribution in [2.75, 3.05) is 12.3 Å². The second-order valence-electron chi connectivity index (χ2n) is 10.7. The van der Waals surface area contributed by atoms with Gasteiger partial charge < -0.3 is 15.8 Å². The molecular weight excluding hydrogens is 470 g/mol. The van der Waals surface area contributed by atoms with Crippen molar-refractivity contribution in [3.05, 3.63) is 23.8 Å². The Labute approximate surface area is 221 Å². The highest BCUT2D eigenvalue weighted by Crippen LogP contribution is 2.14. The number of unbranched alkanes of at least 4 members (excludes halogenated alkanes) is 8. The molecule has 0 atom stereocenters. The molecule has 3 N–H and O–H groups in total. The van der Waals surface area contributed by atoms with E-state index >= 15 is 0 Å². The molecule has 0 fully saturated rings. The molecule has 0 aliphatic carbocycles. The molecule has 0 bridgehead atoms. The number of nitrogens with two attached hydrogens (primary N) is 1. The number of ether oxygens (including phenoxy) is 1. The first kappa shape index (κ1) is 30.3. The van der Waals surface area contributed by atoms with Crippen LogP contribution in [0.25, 0.3) is 0 Å². The lowest BCUT2D eigenvalue weighted by Gasteiger charge is -2.19. The van der Waals surface area contributed by atoms with Crippen molar-refractivity contribution >= 4 is 17.9 Å². The highest BCUT2D eigenvalue weighted by atomic mass is 16.6. The Balaban J connectivity index is 1.56. The Morgan fingerprint density at radius 3 is 2.30 bits per heavy atom. The summed E-state index contributed by atoms with van der Waals surface area (Å²) in [7, 11) is 0. The van der Waals surface area contributed by atoms with E-state index < -0.39 is 11.7 Å². The number of hydrogen-bond donors (Lipinski definition) is 2. The predicted octanol–water partition coefficient (Wildman–Crippen LogP) is 5.05. The molecule has 0 saturated heterocycles. The van der Waals surface area contributed by atoms with E-state index in [1.54, 1.807) is 10.9 Å². The zero-order valence-electron chi connectivity index (χ0n) is 23.3. The van der Waals surface area contributed by atoms with E-state index in [4.69, 9.17) is 10.5 Å². The van der Waals surface area contributed by atoms with Crippen LogP contribution in [0.1, 0.15) is 110 Å². The first-order chi connectivity index (χ1) is 17.7. The molecule has 2 aromatic heterocycles. The van der Waals surface area contributed by atoms with Gasteiger partial charge in [0.2, 0.25) is 11.9 Å². The molecule has 1 amide bonds. The second kappa shape index (κ2) is 16.0. The van der Waals surface area contributed by atoms with E-state index in [0.29, 0.717) is 19.5 Å². The van der Waals surface area contributed by atoms with Gasteiger partial charge in [-0.1, -0.05) is 57.1 Å². The van der Waals surface area contributed by atoms with Crippen molar-refractivity contribution < 1.29 is 14.3 Å². The quantitative estimate of drug-likeness (QED) is 0.281. The molecule has 0 aromatic carbocycles. The molecule has 2 aromatic rings. The van der Waals surface area contributed by atoms with Crippen molar-refractivity contribution in [3.8, 4) is 0 Å². The standard InChI is InChI=1S/C27H47N7O3/c1-5-6-7-8-9-10-14-17-24(35)29-18-19-33-20-23(31-32-33)16-13-11-12-15-22-21-34(25(28)30-22)26(36)37-27(2,3)4/h20-21H,5-19H2,1-4H3,(H2,28,30)(H,29,35). The Morgan fingerprint density at radius 2 is 1.59 bits per heavy atom. The highest BCUT2D eigenvalue weighted by molar-refractivity contribution is 5.75. The topological polar surface area (TPSA) is 130 Å². The van der Waals surface area contributed by atoms with Crippen LogP contribution in [0.5, 0.6) is 0 Å². The minimum Gasteiger partial charge on any atom is -0.443 e. The minimum atomic E-state index is -0.587. The van der Waals surface area contributed by atoms with Crippen LogP contribution < -0.4 is 11.1 Å². The van der Waals surface area contributed by atoms with E-state index in [-0.39, 0.29) is 11.9 Å². The molecule has 0 aliphatic rings. The number of carbonyl (C=O) groups is 2. The van der Waals surface area contributed by atoms with Gasteiger partial charge in [-0.15, -0.1) is 5.10 Å². The zero-order chi connectivity index (χ0) is 27.1. The first-order valence-electron chi connectivity index (χ1n) is 13.9. The number of rotatable bonds is 17. The lowest BCUT2D eigenvalue weighted by atomic mass is 10.1. The second-order valence-corrected chi connectivity index (χ2v) is 10.7. The van der Waals surface area contributed by atoms with Crippen LogP contribution >= 0.6 is 0 Å². The Hall–Kier alpha value is -2.91. The summed E-state index contributed by atoms with van der Waals surface area (Å²) >= 11 is 0. The smallest absolute Gasteiger partial charge is 0.421 e. The third-order valence-electron chi connectivity index (χ3n) is 6.00. The fraction of sp³-hybridized carbons (Fsp3) is 0.741. The number of nitrogen functional groups attached to an aromatic ring is 1. The van der Waals surface area contributed by atoms with Crippen LogP contribution in [0.3, 0.4) is 0 Å². The lowest BCUT2D eigenvalue weighted by molar-refractivity contribution is -0.121. The van der Waals surface area contributed by atoms with E-state index in [2.05, 4.69) is 27.5 Å². The summed E-state index contributed by atoms with van der Waals surface area (Å²) in [4.78, 5) is 28.5. The molecule has 0 unspecified atom stereocenters. The number of imidazole rings is 1. The van der Waals surface area contributed by atoms with Gasteiger partial charge in [0, 0.05) is 25.4 Å². The Bertz CT molecular complexity index is 946. The van der Waals surface area contributed by atoms with E-state index in [0.717, 1.165) is 56.3 Å². The highest BCUT2D eigenvalue weighted by Gasteiger charge is 2.20. The van der Waals surface area contributed by atoms with Gasteiger partial charge in [0.15, 0.2) is 0 Å². The van der Waals surface area contributed by atoms with Gasteiger partial charge >= 0.3 is 6.09 Å². The molecule has 0 aliphatic heterocycles. The maximum absolute atomic E-state index is 12.2. The fourth-order valence-corrected chi connectivity index (χ4v) is 4.02. The van der Waals surface area contributed by atoms with Crippen molar-refractivity contribution in [3.63, 3.8) is 0 Å². The molecule has 0 spiro atoms. The summed E-state index contributed by atoms with van der Waals surface area (Å²) in [6.07, 6.45) is 16.7. The number of nitrogens with one attached hydrogen (secondary N) is 1. The summed E-state index contributed by atoms with van der Waals surface area (Å²) < 4.78 is 8.40. The van der Waals surface area contributed by atoms with E-state index in [1.807, 2.05) is 27.0 Å². The summed E-state index contributed by atoms with van der Waals surface area (Å²) in [5.41, 5.74) is 7.02. The summed E-state index contributed by atoms with van der Waals surface area (Å²) in [6.45, 7) is 8.85. The summed E-state index contributed by atoms with van der Waals surface area (Å²) in [6, 6.07) is 0. The predicted molar refractivity (Wildman–Crippen MR) is 145 cm³/mol. The van der Waals surface area contributed by atoms with Gasteiger partial charge in [-0.2, -0.15) is 0 Å². The zero-order valence-corrected chi connectivity index (χ0v) is 23.3. The first-order valence-corrected chi connectivity index (χ1v) is 13.9. The number of nitrogens with zero attached hydrogens (tertiary/aromatic N) is 5. The van der Waals surface area contributed by atoms with Crippen molar-refractivity contribution in [2.45, 2.75) is 123 Å². The number of hydrogen-bond acceptors (Lipinski definition) is 7. The third kappa shape index (κ3) is 12.7. The molecular formula is C27H47N7O3.